The largest absolute Gasteiger partial charge is 0.480 e. The van der Waals surface area contributed by atoms with E-state index in [2.05, 4.69) is 5.32 Å². The van der Waals surface area contributed by atoms with Crippen molar-refractivity contribution in [2.45, 2.75) is 6.04 Å². The fourth-order valence-corrected chi connectivity index (χ4v) is 3.18. The van der Waals surface area contributed by atoms with Gasteiger partial charge in [0.05, 0.1) is 5.88 Å². The van der Waals surface area contributed by atoms with Gasteiger partial charge < -0.3 is 15.3 Å². The molecule has 1 unspecified atom stereocenters. The molecule has 0 aromatic heterocycles. The molecule has 2 rings (SSSR count). The molecule has 1 aliphatic heterocycles. The first-order valence-corrected chi connectivity index (χ1v) is 7.66. The van der Waals surface area contributed by atoms with Crippen molar-refractivity contribution in [2.24, 2.45) is 0 Å². The van der Waals surface area contributed by atoms with Crippen molar-refractivity contribution >= 4 is 41.1 Å². The number of hydrogen-bond donors (Lipinski definition) is 2. The average molecular weight is 329 g/mol. The second-order valence-corrected chi connectivity index (χ2v) is 5.85. The lowest BCUT2D eigenvalue weighted by molar-refractivity contribution is -0.138. The van der Waals surface area contributed by atoms with Crippen molar-refractivity contribution in [3.63, 3.8) is 0 Å². The number of carbonyl (C=O) groups excluding carboxylic acids is 2. The Hall–Kier alpha value is -1.73. The van der Waals surface area contributed by atoms with Gasteiger partial charge in [-0.05, 0) is 24.3 Å². The monoisotopic (exact) mass is 328 g/mol. The Morgan fingerprint density at radius 1 is 1.33 bits per heavy atom. The van der Waals surface area contributed by atoms with Crippen LogP contribution in [-0.4, -0.2) is 52.0 Å². The van der Waals surface area contributed by atoms with E-state index in [0.29, 0.717) is 22.2 Å². The molecule has 1 atom stereocenters. The molecular formula is C13H13ClN2O4S. The maximum absolute atomic E-state index is 12.4. The van der Waals surface area contributed by atoms with Crippen molar-refractivity contribution in [1.82, 2.24) is 10.2 Å². The molecule has 1 fully saturated rings. The van der Waals surface area contributed by atoms with E-state index in [-0.39, 0.29) is 5.91 Å². The molecular weight excluding hydrogens is 316 g/mol. The SMILES string of the molecule is O=C(O)CNC(=O)C1CSCN1C(=O)c1ccc(Cl)cc1. The molecule has 0 aliphatic carbocycles. The molecule has 1 aliphatic rings. The van der Waals surface area contributed by atoms with Crippen LogP contribution in [0.5, 0.6) is 0 Å². The van der Waals surface area contributed by atoms with E-state index in [0.717, 1.165) is 0 Å². The molecule has 0 saturated carbocycles. The molecule has 2 N–H and O–H groups in total. The minimum atomic E-state index is -1.12. The highest BCUT2D eigenvalue weighted by atomic mass is 35.5. The third-order valence-corrected chi connectivity index (χ3v) is 4.22. The second kappa shape index (κ2) is 6.82. The van der Waals surface area contributed by atoms with Crippen molar-refractivity contribution < 1.29 is 19.5 Å². The molecule has 1 heterocycles. The molecule has 6 nitrogen and oxygen atoms in total. The third kappa shape index (κ3) is 3.89. The zero-order valence-electron chi connectivity index (χ0n) is 10.9. The molecule has 112 valence electrons. The normalized spacial score (nSPS) is 17.6. The van der Waals surface area contributed by atoms with Crippen LogP contribution in [0.1, 0.15) is 10.4 Å². The van der Waals surface area contributed by atoms with Gasteiger partial charge in [0.1, 0.15) is 12.6 Å². The quantitative estimate of drug-likeness (QED) is 0.863. The number of nitrogens with one attached hydrogen (secondary N) is 1. The maximum atomic E-state index is 12.4. The van der Waals surface area contributed by atoms with Gasteiger partial charge in [-0.3, -0.25) is 14.4 Å². The summed E-state index contributed by atoms with van der Waals surface area (Å²) in [6.45, 7) is -0.455. The van der Waals surface area contributed by atoms with Crippen molar-refractivity contribution in [3.8, 4) is 0 Å². The zero-order valence-corrected chi connectivity index (χ0v) is 12.5. The lowest BCUT2D eigenvalue weighted by Crippen LogP contribution is -2.48. The van der Waals surface area contributed by atoms with Crippen LogP contribution in [0.4, 0.5) is 0 Å². The molecule has 0 radical (unpaired) electrons. The summed E-state index contributed by atoms with van der Waals surface area (Å²) in [7, 11) is 0. The number of benzene rings is 1. The van der Waals surface area contributed by atoms with E-state index in [1.165, 1.54) is 16.7 Å². The molecule has 2 amide bonds. The number of halogens is 1. The van der Waals surface area contributed by atoms with E-state index in [4.69, 9.17) is 16.7 Å². The maximum Gasteiger partial charge on any atom is 0.322 e. The Balaban J connectivity index is 2.07. The Bertz CT molecular complexity index is 564. The van der Waals surface area contributed by atoms with E-state index >= 15 is 0 Å². The molecule has 1 aromatic rings. The fourth-order valence-electron chi connectivity index (χ4n) is 1.90. The summed E-state index contributed by atoms with van der Waals surface area (Å²) in [5, 5.41) is 11.4. The van der Waals surface area contributed by atoms with Crippen molar-refractivity contribution in [2.75, 3.05) is 18.2 Å². The number of nitrogens with zero attached hydrogens (tertiary/aromatic N) is 1. The first-order valence-electron chi connectivity index (χ1n) is 6.13. The fraction of sp³-hybridized carbons (Fsp3) is 0.308. The van der Waals surface area contributed by atoms with Gasteiger partial charge in [0.25, 0.3) is 5.91 Å². The Morgan fingerprint density at radius 3 is 2.62 bits per heavy atom. The van der Waals surface area contributed by atoms with Crippen LogP contribution in [0.15, 0.2) is 24.3 Å². The lowest BCUT2D eigenvalue weighted by atomic mass is 10.1. The second-order valence-electron chi connectivity index (χ2n) is 4.41. The predicted molar refractivity (Wildman–Crippen MR) is 79.4 cm³/mol. The third-order valence-electron chi connectivity index (χ3n) is 2.95. The van der Waals surface area contributed by atoms with E-state index in [1.54, 1.807) is 24.3 Å². The molecule has 21 heavy (non-hydrogen) atoms. The number of hydrogen-bond acceptors (Lipinski definition) is 4. The van der Waals surface area contributed by atoms with Gasteiger partial charge in [-0.25, -0.2) is 0 Å². The summed E-state index contributed by atoms with van der Waals surface area (Å²) < 4.78 is 0. The molecule has 0 bridgehead atoms. The van der Waals surface area contributed by atoms with Crippen LogP contribution < -0.4 is 5.32 Å². The van der Waals surface area contributed by atoms with Gasteiger partial charge in [-0.1, -0.05) is 11.6 Å². The first-order chi connectivity index (χ1) is 9.99. The molecule has 0 spiro atoms. The predicted octanol–water partition coefficient (Wildman–Crippen LogP) is 1.06. The number of carboxylic acid groups (broad SMARTS) is 1. The number of thioether (sulfide) groups is 1. The first kappa shape index (κ1) is 15.7. The highest BCUT2D eigenvalue weighted by Gasteiger charge is 2.35. The van der Waals surface area contributed by atoms with Gasteiger partial charge in [0.15, 0.2) is 0 Å². The minimum Gasteiger partial charge on any atom is -0.480 e. The number of rotatable bonds is 4. The molecule has 1 aromatic carbocycles. The smallest absolute Gasteiger partial charge is 0.322 e. The van der Waals surface area contributed by atoms with Crippen molar-refractivity contribution in [1.29, 1.82) is 0 Å². The average Bonchev–Trinajstić information content (AvgIpc) is 2.94. The van der Waals surface area contributed by atoms with Crippen LogP contribution >= 0.6 is 23.4 Å². The minimum absolute atomic E-state index is 0.271. The number of amides is 2. The van der Waals surface area contributed by atoms with Crippen LogP contribution in [0.25, 0.3) is 0 Å². The Kier molecular flexibility index (Phi) is 5.08. The van der Waals surface area contributed by atoms with E-state index in [9.17, 15) is 14.4 Å². The van der Waals surface area contributed by atoms with Crippen LogP contribution in [0.2, 0.25) is 5.02 Å². The highest BCUT2D eigenvalue weighted by Crippen LogP contribution is 2.23. The summed E-state index contributed by atoms with van der Waals surface area (Å²) in [6.07, 6.45) is 0. The summed E-state index contributed by atoms with van der Waals surface area (Å²) in [6, 6.07) is 5.76. The summed E-state index contributed by atoms with van der Waals surface area (Å²) in [4.78, 5) is 36.2. The van der Waals surface area contributed by atoms with E-state index < -0.39 is 24.5 Å². The number of carboxylic acids is 1. The van der Waals surface area contributed by atoms with Crippen LogP contribution in [-0.2, 0) is 9.59 Å². The topological polar surface area (TPSA) is 86.7 Å². The Morgan fingerprint density at radius 2 is 2.00 bits per heavy atom. The van der Waals surface area contributed by atoms with Gasteiger partial charge in [-0.2, -0.15) is 0 Å². The van der Waals surface area contributed by atoms with E-state index in [1.807, 2.05) is 0 Å². The molecule has 1 saturated heterocycles. The van der Waals surface area contributed by atoms with Crippen molar-refractivity contribution in [3.05, 3.63) is 34.9 Å². The van der Waals surface area contributed by atoms with Gasteiger partial charge in [0, 0.05) is 16.3 Å². The van der Waals surface area contributed by atoms with Crippen LogP contribution in [0.3, 0.4) is 0 Å². The van der Waals surface area contributed by atoms with Gasteiger partial charge in [-0.15, -0.1) is 11.8 Å². The highest BCUT2D eigenvalue weighted by molar-refractivity contribution is 7.99. The zero-order chi connectivity index (χ0) is 15.4. The molecule has 8 heteroatoms. The summed E-state index contributed by atoms with van der Waals surface area (Å²) in [5.74, 6) is -1.00. The lowest BCUT2D eigenvalue weighted by Gasteiger charge is -2.22. The van der Waals surface area contributed by atoms with Gasteiger partial charge in [0.2, 0.25) is 5.91 Å². The summed E-state index contributed by atoms with van der Waals surface area (Å²) in [5.41, 5.74) is 0.443. The summed E-state index contributed by atoms with van der Waals surface area (Å²) >= 11 is 7.23. The van der Waals surface area contributed by atoms with Crippen LogP contribution in [0, 0.1) is 0 Å². The van der Waals surface area contributed by atoms with Gasteiger partial charge >= 0.3 is 5.97 Å². The standard InChI is InChI=1S/C13H13ClN2O4S/c14-9-3-1-8(2-4-9)13(20)16-7-21-6-10(16)12(19)15-5-11(17)18/h1-4,10H,5-7H2,(H,15,19)(H,17,18). The number of carbonyl (C=O) groups is 3. The Labute approximate surface area is 130 Å². The number of aliphatic carboxylic acids is 1.